The van der Waals surface area contributed by atoms with E-state index < -0.39 is 0 Å². The summed E-state index contributed by atoms with van der Waals surface area (Å²) in [5.41, 5.74) is 4.09. The fourth-order valence-electron chi connectivity index (χ4n) is 4.88. The normalized spacial score (nSPS) is 17.6. The van der Waals surface area contributed by atoms with Crippen molar-refractivity contribution in [3.05, 3.63) is 53.1 Å². The van der Waals surface area contributed by atoms with Gasteiger partial charge in [0.25, 0.3) is 5.89 Å². The highest BCUT2D eigenvalue weighted by atomic mass is 16.5. The van der Waals surface area contributed by atoms with Gasteiger partial charge in [0.15, 0.2) is 0 Å². The van der Waals surface area contributed by atoms with Gasteiger partial charge in [-0.15, -0.1) is 0 Å². The van der Waals surface area contributed by atoms with Crippen molar-refractivity contribution in [2.45, 2.75) is 57.8 Å². The Bertz CT molecular complexity index is 1300. The number of carbonyl (C=O) groups is 1. The maximum atomic E-state index is 12.8. The zero-order valence-electron chi connectivity index (χ0n) is 20.4. The molecular formula is C27H29N5O4. The lowest BCUT2D eigenvalue weighted by Crippen LogP contribution is -2.46. The molecule has 1 atom stereocenters. The molecule has 2 amide bonds. The first-order chi connectivity index (χ1) is 17.4. The number of hydrogen-bond acceptors (Lipinski definition) is 7. The highest BCUT2D eigenvalue weighted by Crippen LogP contribution is 2.38. The first-order valence-corrected chi connectivity index (χ1v) is 12.3. The van der Waals surface area contributed by atoms with E-state index in [1.807, 2.05) is 32.0 Å². The summed E-state index contributed by atoms with van der Waals surface area (Å²) in [5.74, 6) is 1.32. The molecule has 0 radical (unpaired) electrons. The van der Waals surface area contributed by atoms with E-state index in [4.69, 9.17) is 9.26 Å². The summed E-state index contributed by atoms with van der Waals surface area (Å²) in [6.07, 6.45) is 2.45. The molecule has 2 aromatic carbocycles. The molecule has 1 fully saturated rings. The van der Waals surface area contributed by atoms with Crippen molar-refractivity contribution < 1.29 is 19.2 Å². The van der Waals surface area contributed by atoms with Crippen molar-refractivity contribution >= 4 is 6.03 Å². The Morgan fingerprint density at radius 3 is 2.81 bits per heavy atom. The van der Waals surface area contributed by atoms with Crippen LogP contribution < -0.4 is 10.1 Å². The molecule has 2 N–H and O–H groups in total. The number of urea groups is 1. The molecule has 1 aromatic heterocycles. The van der Waals surface area contributed by atoms with Crippen LogP contribution in [0.2, 0.25) is 0 Å². The van der Waals surface area contributed by atoms with Gasteiger partial charge in [-0.2, -0.15) is 10.2 Å². The lowest BCUT2D eigenvalue weighted by atomic mass is 10.0. The third kappa shape index (κ3) is 4.77. The van der Waals surface area contributed by atoms with Gasteiger partial charge in [-0.3, -0.25) is 0 Å². The standard InChI is InChI=1S/C27H29N5O4/c1-16(2)35-24-9-6-17(14-18(24)15-28)26-30-25(31-36-26)22-5-3-4-21-20(22)7-8-23(21)29-27(34)32-12-10-19(33)11-13-32/h3-6,9,14,16,19,23,33H,7-8,10-13H2,1-2H3,(H,29,34)/t23-/m1/s1. The largest absolute Gasteiger partial charge is 0.490 e. The zero-order valence-corrected chi connectivity index (χ0v) is 20.4. The minimum atomic E-state index is -0.318. The third-order valence-electron chi connectivity index (χ3n) is 6.70. The molecule has 1 saturated heterocycles. The molecule has 2 heterocycles. The Balaban J connectivity index is 1.35. The van der Waals surface area contributed by atoms with Gasteiger partial charge in [0.2, 0.25) is 5.82 Å². The number of ether oxygens (including phenoxy) is 1. The van der Waals surface area contributed by atoms with E-state index in [-0.39, 0.29) is 24.3 Å². The number of hydrogen-bond donors (Lipinski definition) is 2. The van der Waals surface area contributed by atoms with Gasteiger partial charge in [0.05, 0.1) is 23.8 Å². The summed E-state index contributed by atoms with van der Waals surface area (Å²) in [5, 5.41) is 26.6. The summed E-state index contributed by atoms with van der Waals surface area (Å²) in [6.45, 7) is 4.95. The summed E-state index contributed by atoms with van der Waals surface area (Å²) in [4.78, 5) is 19.2. The van der Waals surface area contributed by atoms with Crippen LogP contribution in [0.5, 0.6) is 5.75 Å². The molecule has 0 spiro atoms. The summed E-state index contributed by atoms with van der Waals surface area (Å²) in [7, 11) is 0. The molecule has 0 unspecified atom stereocenters. The van der Waals surface area contributed by atoms with E-state index >= 15 is 0 Å². The molecule has 9 nitrogen and oxygen atoms in total. The third-order valence-corrected chi connectivity index (χ3v) is 6.70. The van der Waals surface area contributed by atoms with Crippen molar-refractivity contribution in [1.82, 2.24) is 20.4 Å². The Morgan fingerprint density at radius 2 is 2.06 bits per heavy atom. The van der Waals surface area contributed by atoms with Crippen molar-refractivity contribution in [2.24, 2.45) is 0 Å². The molecule has 3 aromatic rings. The molecule has 1 aliphatic heterocycles. The molecule has 0 saturated carbocycles. The number of likely N-dealkylation sites (tertiary alicyclic amines) is 1. The summed E-state index contributed by atoms with van der Waals surface area (Å²) >= 11 is 0. The van der Waals surface area contributed by atoms with Crippen LogP contribution in [0.15, 0.2) is 40.9 Å². The number of nitrogens with zero attached hydrogens (tertiary/aromatic N) is 4. The minimum Gasteiger partial charge on any atom is -0.490 e. The fraction of sp³-hybridized carbons (Fsp3) is 0.407. The van der Waals surface area contributed by atoms with Crippen LogP contribution in [0.3, 0.4) is 0 Å². The Morgan fingerprint density at radius 1 is 1.25 bits per heavy atom. The topological polar surface area (TPSA) is 125 Å². The van der Waals surface area contributed by atoms with Crippen LogP contribution >= 0.6 is 0 Å². The average molecular weight is 488 g/mol. The highest BCUT2D eigenvalue weighted by molar-refractivity contribution is 5.76. The monoisotopic (exact) mass is 487 g/mol. The highest BCUT2D eigenvalue weighted by Gasteiger charge is 2.30. The van der Waals surface area contributed by atoms with E-state index in [2.05, 4.69) is 21.5 Å². The van der Waals surface area contributed by atoms with Crippen LogP contribution in [-0.2, 0) is 6.42 Å². The maximum Gasteiger partial charge on any atom is 0.317 e. The van der Waals surface area contributed by atoms with Gasteiger partial charge < -0.3 is 24.6 Å². The minimum absolute atomic E-state index is 0.0421. The molecule has 0 bridgehead atoms. The van der Waals surface area contributed by atoms with Gasteiger partial charge in [0, 0.05) is 24.2 Å². The molecule has 36 heavy (non-hydrogen) atoms. The quantitative estimate of drug-likeness (QED) is 0.552. The zero-order chi connectivity index (χ0) is 25.2. The number of aliphatic hydroxyl groups excluding tert-OH is 1. The second-order valence-corrected chi connectivity index (χ2v) is 9.54. The molecule has 186 valence electrons. The number of amides is 2. The SMILES string of the molecule is CC(C)Oc1ccc(-c2nc(-c3cccc4c3CC[C@H]4NC(=O)N3CCC(O)CC3)no2)cc1C#N. The number of rotatable bonds is 5. The predicted molar refractivity (Wildman–Crippen MR) is 132 cm³/mol. The molecule has 1 aliphatic carbocycles. The van der Waals surface area contributed by atoms with E-state index in [0.29, 0.717) is 54.5 Å². The van der Waals surface area contributed by atoms with Crippen molar-refractivity contribution in [3.8, 4) is 34.7 Å². The van der Waals surface area contributed by atoms with Crippen molar-refractivity contribution in [1.29, 1.82) is 5.26 Å². The maximum absolute atomic E-state index is 12.8. The average Bonchev–Trinajstić information content (AvgIpc) is 3.52. The smallest absolute Gasteiger partial charge is 0.317 e. The van der Waals surface area contributed by atoms with Gasteiger partial charge >= 0.3 is 6.03 Å². The lowest BCUT2D eigenvalue weighted by Gasteiger charge is -2.30. The Labute approximate surface area is 209 Å². The molecule has 9 heteroatoms. The van der Waals surface area contributed by atoms with Crippen LogP contribution in [-0.4, -0.2) is 51.5 Å². The van der Waals surface area contributed by atoms with Crippen molar-refractivity contribution in [3.63, 3.8) is 0 Å². The molecule has 2 aliphatic rings. The molecular weight excluding hydrogens is 458 g/mol. The Kier molecular flexibility index (Phi) is 6.61. The number of aliphatic hydroxyl groups is 1. The van der Waals surface area contributed by atoms with Gasteiger partial charge in [-0.1, -0.05) is 23.4 Å². The number of nitrogens with one attached hydrogen (secondary N) is 1. The number of aromatic nitrogens is 2. The van der Waals surface area contributed by atoms with Gasteiger partial charge in [-0.05, 0) is 68.9 Å². The number of benzene rings is 2. The van der Waals surface area contributed by atoms with Gasteiger partial charge in [-0.25, -0.2) is 4.79 Å². The Hall–Kier alpha value is -3.90. The van der Waals surface area contributed by atoms with Crippen molar-refractivity contribution in [2.75, 3.05) is 13.1 Å². The number of piperidine rings is 1. The first kappa shape index (κ1) is 23.8. The molecule has 5 rings (SSSR count). The number of nitriles is 1. The summed E-state index contributed by atoms with van der Waals surface area (Å²) < 4.78 is 11.3. The lowest BCUT2D eigenvalue weighted by molar-refractivity contribution is 0.0928. The number of fused-ring (bicyclic) bond motifs is 1. The van der Waals surface area contributed by atoms with Gasteiger partial charge in [0.1, 0.15) is 11.8 Å². The predicted octanol–water partition coefficient (Wildman–Crippen LogP) is 4.22. The second-order valence-electron chi connectivity index (χ2n) is 9.54. The fourth-order valence-corrected chi connectivity index (χ4v) is 4.88. The number of carbonyl (C=O) groups excluding carboxylic acids is 1. The second kappa shape index (κ2) is 9.99. The van der Waals surface area contributed by atoms with E-state index in [9.17, 15) is 15.2 Å². The van der Waals surface area contributed by atoms with E-state index in [0.717, 1.165) is 29.5 Å². The first-order valence-electron chi connectivity index (χ1n) is 12.3. The van der Waals surface area contributed by atoms with Crippen LogP contribution in [0, 0.1) is 11.3 Å². The van der Waals surface area contributed by atoms with E-state index in [1.54, 1.807) is 23.1 Å². The van der Waals surface area contributed by atoms with E-state index in [1.165, 1.54) is 0 Å². The van der Waals surface area contributed by atoms with Crippen LogP contribution in [0.25, 0.3) is 22.8 Å². The van der Waals surface area contributed by atoms with Crippen LogP contribution in [0.1, 0.15) is 55.8 Å². The summed E-state index contributed by atoms with van der Waals surface area (Å²) in [6, 6.07) is 13.2. The van der Waals surface area contributed by atoms with Crippen LogP contribution in [0.4, 0.5) is 4.79 Å².